The first-order valence-electron chi connectivity index (χ1n) is 34.6. The molecule has 0 bridgehead atoms. The van der Waals surface area contributed by atoms with Crippen LogP contribution in [0.3, 0.4) is 0 Å². The highest BCUT2D eigenvalue weighted by molar-refractivity contribution is 5.76. The van der Waals surface area contributed by atoms with Crippen molar-refractivity contribution in [3.63, 3.8) is 0 Å². The molecule has 6 heteroatoms. The van der Waals surface area contributed by atoms with Gasteiger partial charge in [-0.1, -0.05) is 340 Å². The maximum Gasteiger partial charge on any atom is 0.305 e. The Kier molecular flexibility index (Phi) is 64.4. The van der Waals surface area contributed by atoms with Gasteiger partial charge in [-0.3, -0.25) is 9.59 Å². The summed E-state index contributed by atoms with van der Waals surface area (Å²) in [5.41, 5.74) is 0. The van der Waals surface area contributed by atoms with Crippen molar-refractivity contribution < 1.29 is 24.5 Å². The number of ether oxygens (including phenoxy) is 1. The van der Waals surface area contributed by atoms with E-state index in [4.69, 9.17) is 4.74 Å². The Balaban J connectivity index is 3.27. The van der Waals surface area contributed by atoms with Crippen LogP contribution in [0.4, 0.5) is 0 Å². The lowest BCUT2D eigenvalue weighted by atomic mass is 10.0. The van der Waals surface area contributed by atoms with Crippen LogP contribution in [-0.2, 0) is 14.3 Å². The first-order chi connectivity index (χ1) is 37.5. The number of carbonyl (C=O) groups is 2. The maximum absolute atomic E-state index is 12.4. The second kappa shape index (κ2) is 65.9. The number of unbranched alkanes of at least 4 members (excludes halogenated alkanes) is 52. The van der Waals surface area contributed by atoms with Crippen LogP contribution in [0.1, 0.15) is 386 Å². The highest BCUT2D eigenvalue weighted by Gasteiger charge is 2.18. The molecule has 0 aromatic carbocycles. The van der Waals surface area contributed by atoms with Crippen LogP contribution in [-0.4, -0.2) is 47.4 Å². The molecule has 0 radical (unpaired) electrons. The summed E-state index contributed by atoms with van der Waals surface area (Å²) in [6, 6.07) is -0.620. The monoisotopic (exact) mass is 1070 g/mol. The standard InChI is InChI=1S/C70H135NO5/c1-3-5-7-9-11-13-14-40-44-48-52-56-60-64-70(75)76-65-61-57-53-49-45-42-39-37-35-33-31-29-27-25-23-21-19-17-15-16-18-20-22-24-26-28-30-32-34-36-38-41-43-47-51-55-59-63-69(74)71-67(66-72)68(73)62-58-54-50-46-12-10-8-6-4-2/h13-14,58,62,67-68,72-73H,3-12,15-57,59-61,63-66H2,1-2H3,(H,71,74)/b14-13-,62-58+. The van der Waals surface area contributed by atoms with Gasteiger partial charge in [0.15, 0.2) is 0 Å². The molecule has 2 atom stereocenters. The molecule has 0 aliphatic carbocycles. The lowest BCUT2D eigenvalue weighted by Gasteiger charge is -2.20. The molecule has 6 nitrogen and oxygen atoms in total. The van der Waals surface area contributed by atoms with Crippen molar-refractivity contribution >= 4 is 11.9 Å². The van der Waals surface area contributed by atoms with Crippen molar-refractivity contribution in [3.8, 4) is 0 Å². The fraction of sp³-hybridized carbons (Fsp3) is 0.914. The molecule has 0 aromatic heterocycles. The van der Waals surface area contributed by atoms with Crippen LogP contribution in [0.15, 0.2) is 24.3 Å². The predicted molar refractivity (Wildman–Crippen MR) is 333 cm³/mol. The minimum Gasteiger partial charge on any atom is -0.466 e. The molecule has 1 amide bonds. The summed E-state index contributed by atoms with van der Waals surface area (Å²) in [5.74, 6) is -0.0493. The van der Waals surface area contributed by atoms with Crippen LogP contribution in [0, 0.1) is 0 Å². The van der Waals surface area contributed by atoms with Crippen molar-refractivity contribution in [3.05, 3.63) is 24.3 Å². The van der Waals surface area contributed by atoms with E-state index in [1.807, 2.05) is 6.08 Å². The van der Waals surface area contributed by atoms with Crippen LogP contribution in [0.25, 0.3) is 0 Å². The molecule has 0 aromatic rings. The van der Waals surface area contributed by atoms with Crippen molar-refractivity contribution in [2.45, 2.75) is 398 Å². The van der Waals surface area contributed by atoms with Crippen LogP contribution < -0.4 is 5.32 Å². The molecule has 0 spiro atoms. The normalized spacial score (nSPS) is 12.6. The summed E-state index contributed by atoms with van der Waals surface area (Å²) in [5, 5.41) is 23.0. The maximum atomic E-state index is 12.4. The molecule has 0 saturated heterocycles. The number of carbonyl (C=O) groups excluding carboxylic acids is 2. The average molecular weight is 1070 g/mol. The van der Waals surface area contributed by atoms with E-state index >= 15 is 0 Å². The number of aliphatic hydroxyl groups is 2. The van der Waals surface area contributed by atoms with Crippen LogP contribution in [0.5, 0.6) is 0 Å². The minimum atomic E-state index is -0.837. The Bertz CT molecular complexity index is 1190. The predicted octanol–water partition coefficient (Wildman–Crippen LogP) is 22.1. The van der Waals surface area contributed by atoms with Gasteiger partial charge in [0.2, 0.25) is 5.91 Å². The second-order valence-corrected chi connectivity index (χ2v) is 23.9. The zero-order chi connectivity index (χ0) is 55.0. The Labute approximate surface area is 475 Å². The number of allylic oxidation sites excluding steroid dienone is 3. The van der Waals surface area contributed by atoms with E-state index in [9.17, 15) is 19.8 Å². The van der Waals surface area contributed by atoms with Crippen molar-refractivity contribution in [2.24, 2.45) is 0 Å². The third-order valence-corrected chi connectivity index (χ3v) is 16.2. The summed E-state index contributed by atoms with van der Waals surface area (Å²) in [7, 11) is 0. The van der Waals surface area contributed by atoms with E-state index in [0.29, 0.717) is 19.4 Å². The molecule has 76 heavy (non-hydrogen) atoms. The molecule has 0 aliphatic heterocycles. The number of amides is 1. The van der Waals surface area contributed by atoms with E-state index in [2.05, 4.69) is 31.3 Å². The lowest BCUT2D eigenvalue weighted by Crippen LogP contribution is -2.45. The summed E-state index contributed by atoms with van der Waals surface area (Å²) < 4.78 is 5.48. The number of hydrogen-bond donors (Lipinski definition) is 3. The molecule has 3 N–H and O–H groups in total. The highest BCUT2D eigenvalue weighted by Crippen LogP contribution is 2.19. The molecule has 2 unspecified atom stereocenters. The van der Waals surface area contributed by atoms with Gasteiger partial charge in [0.1, 0.15) is 0 Å². The fourth-order valence-corrected chi connectivity index (χ4v) is 10.9. The van der Waals surface area contributed by atoms with Gasteiger partial charge in [0.05, 0.1) is 25.4 Å². The van der Waals surface area contributed by atoms with Gasteiger partial charge in [0.25, 0.3) is 0 Å². The van der Waals surface area contributed by atoms with Gasteiger partial charge in [-0.15, -0.1) is 0 Å². The van der Waals surface area contributed by atoms with E-state index < -0.39 is 12.1 Å². The van der Waals surface area contributed by atoms with Crippen molar-refractivity contribution in [1.29, 1.82) is 0 Å². The molecular weight excluding hydrogens is 935 g/mol. The van der Waals surface area contributed by atoms with E-state index in [1.165, 1.54) is 315 Å². The smallest absolute Gasteiger partial charge is 0.305 e. The zero-order valence-electron chi connectivity index (χ0n) is 51.5. The number of hydrogen-bond acceptors (Lipinski definition) is 5. The summed E-state index contributed by atoms with van der Waals surface area (Å²) >= 11 is 0. The lowest BCUT2D eigenvalue weighted by molar-refractivity contribution is -0.143. The van der Waals surface area contributed by atoms with E-state index in [-0.39, 0.29) is 18.5 Å². The van der Waals surface area contributed by atoms with E-state index in [1.54, 1.807) is 6.08 Å². The van der Waals surface area contributed by atoms with E-state index in [0.717, 1.165) is 44.9 Å². The van der Waals surface area contributed by atoms with Gasteiger partial charge in [-0.25, -0.2) is 0 Å². The SMILES string of the molecule is CCCCCC/C=C\CCCCCCCC(=O)OCCCCCCCCCCCCCCCCCCCCCCCCCCCCCCCCCCCCCCCC(=O)NC(CO)C(O)/C=C/CCCCCCCCC. The Hall–Kier alpha value is -1.66. The topological polar surface area (TPSA) is 95.9 Å². The summed E-state index contributed by atoms with van der Waals surface area (Å²) in [4.78, 5) is 24.4. The summed E-state index contributed by atoms with van der Waals surface area (Å²) in [6.07, 6.45) is 82.9. The molecule has 0 rings (SSSR count). The Morgan fingerprint density at radius 2 is 0.618 bits per heavy atom. The Morgan fingerprint density at radius 3 is 0.947 bits per heavy atom. The largest absolute Gasteiger partial charge is 0.466 e. The number of nitrogens with one attached hydrogen (secondary N) is 1. The average Bonchev–Trinajstić information content (AvgIpc) is 3.42. The first kappa shape index (κ1) is 74.3. The second-order valence-electron chi connectivity index (χ2n) is 23.9. The first-order valence-corrected chi connectivity index (χ1v) is 34.6. The molecular formula is C70H135NO5. The molecule has 0 heterocycles. The van der Waals surface area contributed by atoms with Gasteiger partial charge >= 0.3 is 5.97 Å². The van der Waals surface area contributed by atoms with Gasteiger partial charge in [-0.05, 0) is 57.8 Å². The quantitative estimate of drug-likeness (QED) is 0.0320. The number of esters is 1. The van der Waals surface area contributed by atoms with Gasteiger partial charge in [0, 0.05) is 12.8 Å². The Morgan fingerprint density at radius 1 is 0.355 bits per heavy atom. The van der Waals surface area contributed by atoms with Gasteiger partial charge in [-0.2, -0.15) is 0 Å². The third-order valence-electron chi connectivity index (χ3n) is 16.2. The summed E-state index contributed by atoms with van der Waals surface area (Å²) in [6.45, 7) is 4.88. The number of aliphatic hydroxyl groups excluding tert-OH is 2. The molecule has 450 valence electrons. The van der Waals surface area contributed by atoms with Crippen LogP contribution >= 0.6 is 0 Å². The fourth-order valence-electron chi connectivity index (χ4n) is 10.9. The molecule has 0 saturated carbocycles. The van der Waals surface area contributed by atoms with Crippen molar-refractivity contribution in [1.82, 2.24) is 5.32 Å². The molecule has 0 fully saturated rings. The van der Waals surface area contributed by atoms with Gasteiger partial charge < -0.3 is 20.3 Å². The highest BCUT2D eigenvalue weighted by atomic mass is 16.5. The molecule has 0 aliphatic rings. The minimum absolute atomic E-state index is 0.0142. The van der Waals surface area contributed by atoms with Crippen molar-refractivity contribution in [2.75, 3.05) is 13.2 Å². The number of rotatable bonds is 65. The zero-order valence-corrected chi connectivity index (χ0v) is 51.5. The third kappa shape index (κ3) is 61.6. The van der Waals surface area contributed by atoms with Crippen LogP contribution in [0.2, 0.25) is 0 Å².